The molecule has 0 aliphatic carbocycles. The summed E-state index contributed by atoms with van der Waals surface area (Å²) in [4.78, 5) is 25.4. The average Bonchev–Trinajstić information content (AvgIpc) is 2.76. The number of carboxylic acid groups (broad SMARTS) is 1. The Bertz CT molecular complexity index is 703. The fourth-order valence-electron chi connectivity index (χ4n) is 1.41. The zero-order chi connectivity index (χ0) is 14.9. The first kappa shape index (κ1) is 14.3. The summed E-state index contributed by atoms with van der Waals surface area (Å²) in [5.41, 5.74) is -0.653. The number of carboxylic acids is 1. The van der Waals surface area contributed by atoms with Gasteiger partial charge in [0.25, 0.3) is 5.69 Å². The minimum atomic E-state index is -1.31. The number of aromatic nitrogens is 3. The first-order valence-corrected chi connectivity index (χ1v) is 6.36. The monoisotopic (exact) mass is 314 g/mol. The molecule has 2 N–H and O–H groups in total. The van der Waals surface area contributed by atoms with Gasteiger partial charge in [-0.3, -0.25) is 15.2 Å². The summed E-state index contributed by atoms with van der Waals surface area (Å²) >= 11 is 6.85. The standard InChI is InChI=1S/C10H7ClN4O4S/c1-4-12-10(14-13-4)20-8-6(9(16)17)2-5(15(18)19)3-7(8)11/h2-3H,1H3,(H,16,17)(H,12,13,14). The summed E-state index contributed by atoms with van der Waals surface area (Å²) in [6.07, 6.45) is 0. The fourth-order valence-corrected chi connectivity index (χ4v) is 2.60. The summed E-state index contributed by atoms with van der Waals surface area (Å²) in [5, 5.41) is 26.6. The maximum Gasteiger partial charge on any atom is 0.337 e. The Morgan fingerprint density at radius 2 is 2.25 bits per heavy atom. The Balaban J connectivity index is 2.51. The minimum Gasteiger partial charge on any atom is -0.478 e. The van der Waals surface area contributed by atoms with Gasteiger partial charge in [0.1, 0.15) is 5.82 Å². The van der Waals surface area contributed by atoms with Gasteiger partial charge in [0.05, 0.1) is 15.5 Å². The third-order valence-corrected chi connectivity index (χ3v) is 3.66. The van der Waals surface area contributed by atoms with Crippen molar-refractivity contribution in [1.82, 2.24) is 15.2 Å². The van der Waals surface area contributed by atoms with Gasteiger partial charge in [-0.05, 0) is 18.7 Å². The molecular weight excluding hydrogens is 308 g/mol. The van der Waals surface area contributed by atoms with Crippen LogP contribution in [0.4, 0.5) is 5.69 Å². The predicted molar refractivity (Wildman–Crippen MR) is 70.3 cm³/mol. The summed E-state index contributed by atoms with van der Waals surface area (Å²) in [7, 11) is 0. The molecular formula is C10H7ClN4O4S. The molecule has 0 aliphatic heterocycles. The highest BCUT2D eigenvalue weighted by atomic mass is 35.5. The predicted octanol–water partition coefficient (Wildman–Crippen LogP) is 2.52. The van der Waals surface area contributed by atoms with Crippen LogP contribution < -0.4 is 0 Å². The van der Waals surface area contributed by atoms with Crippen LogP contribution in [-0.2, 0) is 0 Å². The molecule has 8 nitrogen and oxygen atoms in total. The molecule has 0 saturated carbocycles. The maximum absolute atomic E-state index is 11.2. The summed E-state index contributed by atoms with van der Waals surface area (Å²) in [6.45, 7) is 1.69. The van der Waals surface area contributed by atoms with Crippen LogP contribution in [0.3, 0.4) is 0 Å². The van der Waals surface area contributed by atoms with E-state index >= 15 is 0 Å². The third kappa shape index (κ3) is 2.89. The number of rotatable bonds is 4. The molecule has 0 aliphatic rings. The van der Waals surface area contributed by atoms with Crippen molar-refractivity contribution < 1.29 is 14.8 Å². The van der Waals surface area contributed by atoms with Crippen LogP contribution in [0.5, 0.6) is 0 Å². The molecule has 10 heteroatoms. The van der Waals surface area contributed by atoms with Crippen molar-refractivity contribution >= 4 is 35.0 Å². The largest absolute Gasteiger partial charge is 0.478 e. The second kappa shape index (κ2) is 5.47. The number of aryl methyl sites for hydroxylation is 1. The molecule has 0 amide bonds. The molecule has 0 spiro atoms. The van der Waals surface area contributed by atoms with Gasteiger partial charge in [-0.25, -0.2) is 9.78 Å². The number of nitrogens with one attached hydrogen (secondary N) is 1. The van der Waals surface area contributed by atoms with E-state index in [9.17, 15) is 14.9 Å². The van der Waals surface area contributed by atoms with E-state index in [0.29, 0.717) is 5.82 Å². The second-order valence-electron chi connectivity index (χ2n) is 3.67. The molecule has 20 heavy (non-hydrogen) atoms. The molecule has 1 aromatic carbocycles. The van der Waals surface area contributed by atoms with Crippen molar-refractivity contribution in [2.24, 2.45) is 0 Å². The molecule has 0 fully saturated rings. The Morgan fingerprint density at radius 3 is 2.75 bits per heavy atom. The number of nitro groups is 1. The second-order valence-corrected chi connectivity index (χ2v) is 5.06. The van der Waals surface area contributed by atoms with Crippen molar-refractivity contribution in [3.05, 3.63) is 38.7 Å². The Hall–Kier alpha value is -2.13. The lowest BCUT2D eigenvalue weighted by atomic mass is 10.2. The number of hydrogen-bond acceptors (Lipinski definition) is 6. The smallest absolute Gasteiger partial charge is 0.337 e. The van der Waals surface area contributed by atoms with Gasteiger partial charge in [0.2, 0.25) is 5.16 Å². The van der Waals surface area contributed by atoms with Crippen molar-refractivity contribution in [3.63, 3.8) is 0 Å². The van der Waals surface area contributed by atoms with Crippen molar-refractivity contribution in [2.45, 2.75) is 17.0 Å². The van der Waals surface area contributed by atoms with Crippen molar-refractivity contribution in [3.8, 4) is 0 Å². The van der Waals surface area contributed by atoms with E-state index in [1.807, 2.05) is 0 Å². The number of aromatic amines is 1. The topological polar surface area (TPSA) is 122 Å². The van der Waals surface area contributed by atoms with E-state index in [1.165, 1.54) is 0 Å². The highest BCUT2D eigenvalue weighted by Crippen LogP contribution is 2.37. The normalized spacial score (nSPS) is 10.5. The Labute approximate surface area is 121 Å². The molecule has 2 rings (SSSR count). The zero-order valence-corrected chi connectivity index (χ0v) is 11.5. The molecule has 1 aromatic heterocycles. The van der Waals surface area contributed by atoms with Crippen molar-refractivity contribution in [2.75, 3.05) is 0 Å². The Morgan fingerprint density at radius 1 is 1.55 bits per heavy atom. The minimum absolute atomic E-state index is 0.0379. The lowest BCUT2D eigenvalue weighted by molar-refractivity contribution is -0.384. The van der Waals surface area contributed by atoms with Gasteiger partial charge in [-0.2, -0.15) is 0 Å². The number of nitro benzene ring substituents is 1. The maximum atomic E-state index is 11.2. The van der Waals surface area contributed by atoms with Crippen LogP contribution in [0.2, 0.25) is 5.02 Å². The number of non-ortho nitro benzene ring substituents is 1. The van der Waals surface area contributed by atoms with E-state index in [2.05, 4.69) is 15.2 Å². The van der Waals surface area contributed by atoms with Gasteiger partial charge in [-0.1, -0.05) is 11.6 Å². The fraction of sp³-hybridized carbons (Fsp3) is 0.100. The third-order valence-electron chi connectivity index (χ3n) is 2.24. The van der Waals surface area contributed by atoms with Crippen LogP contribution in [-0.4, -0.2) is 31.2 Å². The lowest BCUT2D eigenvalue weighted by Crippen LogP contribution is -2.01. The number of carbonyl (C=O) groups is 1. The number of hydrogen-bond donors (Lipinski definition) is 2. The highest BCUT2D eigenvalue weighted by molar-refractivity contribution is 7.99. The summed E-state index contributed by atoms with van der Waals surface area (Å²) in [6, 6.07) is 2.05. The molecule has 0 atom stereocenters. The number of benzene rings is 1. The van der Waals surface area contributed by atoms with Gasteiger partial charge < -0.3 is 5.11 Å². The Kier molecular flexibility index (Phi) is 3.91. The molecule has 0 bridgehead atoms. The van der Waals surface area contributed by atoms with Crippen LogP contribution in [0, 0.1) is 17.0 Å². The number of H-pyrrole nitrogens is 1. The van der Waals surface area contributed by atoms with Gasteiger partial charge in [-0.15, -0.1) is 5.10 Å². The van der Waals surface area contributed by atoms with Gasteiger partial charge >= 0.3 is 5.97 Å². The van der Waals surface area contributed by atoms with Crippen LogP contribution in [0.15, 0.2) is 22.2 Å². The SMILES string of the molecule is Cc1nc(Sc2c(Cl)cc([N+](=O)[O-])cc2C(=O)O)n[nH]1. The van der Waals surface area contributed by atoms with E-state index in [-0.39, 0.29) is 26.3 Å². The zero-order valence-electron chi connectivity index (χ0n) is 9.95. The number of aromatic carboxylic acids is 1. The highest BCUT2D eigenvalue weighted by Gasteiger charge is 2.22. The van der Waals surface area contributed by atoms with E-state index in [0.717, 1.165) is 23.9 Å². The van der Waals surface area contributed by atoms with E-state index in [1.54, 1.807) is 6.92 Å². The summed E-state index contributed by atoms with van der Waals surface area (Å²) < 4.78 is 0. The summed E-state index contributed by atoms with van der Waals surface area (Å²) in [5.74, 6) is -0.757. The van der Waals surface area contributed by atoms with Crippen LogP contribution in [0.25, 0.3) is 0 Å². The molecule has 104 valence electrons. The quantitative estimate of drug-likeness (QED) is 0.656. The molecule has 0 radical (unpaired) electrons. The number of nitrogens with zero attached hydrogens (tertiary/aromatic N) is 3. The molecule has 0 saturated heterocycles. The molecule has 1 heterocycles. The van der Waals surface area contributed by atoms with Crippen LogP contribution >= 0.6 is 23.4 Å². The van der Waals surface area contributed by atoms with Crippen molar-refractivity contribution in [1.29, 1.82) is 0 Å². The van der Waals surface area contributed by atoms with Gasteiger partial charge in [0, 0.05) is 17.0 Å². The first-order chi connectivity index (χ1) is 9.38. The van der Waals surface area contributed by atoms with Gasteiger partial charge in [0.15, 0.2) is 0 Å². The molecule has 2 aromatic rings. The van der Waals surface area contributed by atoms with E-state index < -0.39 is 10.9 Å². The first-order valence-electron chi connectivity index (χ1n) is 5.16. The number of halogens is 1. The van der Waals surface area contributed by atoms with Crippen LogP contribution in [0.1, 0.15) is 16.2 Å². The van der Waals surface area contributed by atoms with E-state index in [4.69, 9.17) is 16.7 Å². The average molecular weight is 315 g/mol. The lowest BCUT2D eigenvalue weighted by Gasteiger charge is -2.05. The molecule has 0 unspecified atom stereocenters.